The van der Waals surface area contributed by atoms with Gasteiger partial charge in [0.2, 0.25) is 6.10 Å². The van der Waals surface area contributed by atoms with Gasteiger partial charge in [-0.05, 0) is 24.4 Å². The summed E-state index contributed by atoms with van der Waals surface area (Å²) in [6.07, 6.45) is -1.03. The van der Waals surface area contributed by atoms with Crippen molar-refractivity contribution in [2.45, 2.75) is 13.0 Å². The van der Waals surface area contributed by atoms with Gasteiger partial charge in [0.05, 0.1) is 16.8 Å². The predicted octanol–water partition coefficient (Wildman–Crippen LogP) is 3.21. The second-order valence-electron chi connectivity index (χ2n) is 6.24. The number of benzene rings is 1. The van der Waals surface area contributed by atoms with Gasteiger partial charge >= 0.3 is 5.97 Å². The Hall–Kier alpha value is -2.64. The number of hydrogen-bond acceptors (Lipinski definition) is 5. The third kappa shape index (κ3) is 4.20. The van der Waals surface area contributed by atoms with Gasteiger partial charge in [0.1, 0.15) is 5.69 Å². The quantitative estimate of drug-likeness (QED) is 0.500. The van der Waals surface area contributed by atoms with Crippen molar-refractivity contribution >= 4 is 33.4 Å². The number of rotatable bonds is 7. The van der Waals surface area contributed by atoms with Crippen LogP contribution in [0.15, 0.2) is 41.8 Å². The van der Waals surface area contributed by atoms with Gasteiger partial charge in [-0.2, -0.15) is 0 Å². The molecule has 1 aromatic carbocycles. The number of fused-ring (bicyclic) bond motifs is 1. The van der Waals surface area contributed by atoms with Gasteiger partial charge in [-0.15, -0.1) is 11.3 Å². The van der Waals surface area contributed by atoms with Crippen LogP contribution in [0.4, 0.5) is 0 Å². The summed E-state index contributed by atoms with van der Waals surface area (Å²) in [5.41, 5.74) is 3.06. The van der Waals surface area contributed by atoms with Crippen LogP contribution < -0.4 is 5.32 Å². The fourth-order valence-corrected chi connectivity index (χ4v) is 3.65. The van der Waals surface area contributed by atoms with Crippen LogP contribution in [0.2, 0.25) is 0 Å². The van der Waals surface area contributed by atoms with Crippen LogP contribution in [0.1, 0.15) is 27.7 Å². The minimum absolute atomic E-state index is 0.342. The SMILES string of the molecule is COCCNC(=O)C(OC(=O)c1cc2sccc2n1C)c1ccc(C)cc1. The molecule has 2 aromatic heterocycles. The van der Waals surface area contributed by atoms with Gasteiger partial charge in [-0.3, -0.25) is 4.79 Å². The van der Waals surface area contributed by atoms with E-state index in [2.05, 4.69) is 5.32 Å². The highest BCUT2D eigenvalue weighted by Gasteiger charge is 2.27. The molecule has 0 aliphatic heterocycles. The van der Waals surface area contributed by atoms with E-state index in [0.717, 1.165) is 15.8 Å². The number of hydrogen-bond donors (Lipinski definition) is 1. The monoisotopic (exact) mass is 386 g/mol. The summed E-state index contributed by atoms with van der Waals surface area (Å²) in [6.45, 7) is 2.68. The number of thiophene rings is 1. The molecule has 0 saturated heterocycles. The Morgan fingerprint density at radius 1 is 1.22 bits per heavy atom. The first-order valence-electron chi connectivity index (χ1n) is 8.58. The number of methoxy groups -OCH3 is 1. The molecular weight excluding hydrogens is 364 g/mol. The molecule has 0 saturated carbocycles. The lowest BCUT2D eigenvalue weighted by atomic mass is 10.1. The van der Waals surface area contributed by atoms with Gasteiger partial charge in [0.25, 0.3) is 5.91 Å². The van der Waals surface area contributed by atoms with Crippen LogP contribution in [-0.4, -0.2) is 36.7 Å². The molecule has 3 rings (SSSR count). The van der Waals surface area contributed by atoms with E-state index in [1.165, 1.54) is 0 Å². The lowest BCUT2D eigenvalue weighted by Gasteiger charge is -2.18. The first kappa shape index (κ1) is 19.1. The summed E-state index contributed by atoms with van der Waals surface area (Å²) in [5, 5.41) is 4.71. The zero-order valence-electron chi connectivity index (χ0n) is 15.5. The Labute approximate surface area is 161 Å². The maximum absolute atomic E-state index is 12.8. The van der Waals surface area contributed by atoms with Gasteiger partial charge in [-0.1, -0.05) is 29.8 Å². The van der Waals surface area contributed by atoms with Gasteiger partial charge in [0, 0.05) is 26.3 Å². The molecule has 1 amide bonds. The van der Waals surface area contributed by atoms with E-state index in [9.17, 15) is 9.59 Å². The summed E-state index contributed by atoms with van der Waals surface area (Å²) in [7, 11) is 3.37. The first-order valence-corrected chi connectivity index (χ1v) is 9.46. The maximum Gasteiger partial charge on any atom is 0.356 e. The van der Waals surface area contributed by atoms with E-state index >= 15 is 0 Å². The Balaban J connectivity index is 1.84. The highest BCUT2D eigenvalue weighted by molar-refractivity contribution is 7.17. The smallest absolute Gasteiger partial charge is 0.356 e. The third-order valence-electron chi connectivity index (χ3n) is 4.32. The third-order valence-corrected chi connectivity index (χ3v) is 5.17. The lowest BCUT2D eigenvalue weighted by molar-refractivity contribution is -0.130. The molecule has 2 heterocycles. The van der Waals surface area contributed by atoms with E-state index in [-0.39, 0.29) is 5.91 Å². The standard InChI is InChI=1S/C20H22N2O4S/c1-13-4-6-14(7-5-13)18(19(23)21-9-10-25-3)26-20(24)16-12-17-15(22(16)2)8-11-27-17/h4-8,11-12,18H,9-10H2,1-3H3,(H,21,23). The first-order chi connectivity index (χ1) is 13.0. The lowest BCUT2D eigenvalue weighted by Crippen LogP contribution is -2.34. The fourth-order valence-electron chi connectivity index (χ4n) is 2.80. The maximum atomic E-state index is 12.8. The van der Waals surface area contributed by atoms with Crippen molar-refractivity contribution in [2.24, 2.45) is 7.05 Å². The van der Waals surface area contributed by atoms with Crippen molar-refractivity contribution in [3.63, 3.8) is 0 Å². The number of aromatic nitrogens is 1. The number of carbonyl (C=O) groups is 2. The van der Waals surface area contributed by atoms with E-state index in [4.69, 9.17) is 9.47 Å². The van der Waals surface area contributed by atoms with Crippen LogP contribution in [-0.2, 0) is 21.3 Å². The minimum Gasteiger partial charge on any atom is -0.443 e. The normalized spacial score (nSPS) is 12.1. The second kappa shape index (κ2) is 8.37. The number of ether oxygens (including phenoxy) is 2. The molecular formula is C20H22N2O4S. The molecule has 27 heavy (non-hydrogen) atoms. The number of nitrogens with one attached hydrogen (secondary N) is 1. The van der Waals surface area contributed by atoms with Crippen LogP contribution in [0, 0.1) is 6.92 Å². The fraction of sp³-hybridized carbons (Fsp3) is 0.300. The molecule has 0 aliphatic rings. The highest BCUT2D eigenvalue weighted by Crippen LogP contribution is 2.26. The predicted molar refractivity (Wildman–Crippen MR) is 105 cm³/mol. The summed E-state index contributed by atoms with van der Waals surface area (Å²) in [5.74, 6) is -0.909. The molecule has 1 unspecified atom stereocenters. The van der Waals surface area contributed by atoms with Gasteiger partial charge < -0.3 is 19.4 Å². The molecule has 0 bridgehead atoms. The van der Waals surface area contributed by atoms with Crippen LogP contribution >= 0.6 is 11.3 Å². The van der Waals surface area contributed by atoms with Crippen molar-refractivity contribution in [3.05, 3.63) is 58.6 Å². The van der Waals surface area contributed by atoms with Crippen LogP contribution in [0.25, 0.3) is 10.2 Å². The molecule has 0 spiro atoms. The molecule has 0 fully saturated rings. The molecule has 6 nitrogen and oxygen atoms in total. The van der Waals surface area contributed by atoms with Crippen molar-refractivity contribution in [3.8, 4) is 0 Å². The van der Waals surface area contributed by atoms with Crippen LogP contribution in [0.5, 0.6) is 0 Å². The second-order valence-corrected chi connectivity index (χ2v) is 7.19. The van der Waals surface area contributed by atoms with Crippen molar-refractivity contribution in [2.75, 3.05) is 20.3 Å². The van der Waals surface area contributed by atoms with E-state index in [1.807, 2.05) is 37.6 Å². The average molecular weight is 386 g/mol. The Kier molecular flexibility index (Phi) is 5.93. The summed E-state index contributed by atoms with van der Waals surface area (Å²) >= 11 is 1.55. The van der Waals surface area contributed by atoms with Crippen molar-refractivity contribution < 1.29 is 19.1 Å². The zero-order valence-corrected chi connectivity index (χ0v) is 16.3. The largest absolute Gasteiger partial charge is 0.443 e. The molecule has 142 valence electrons. The molecule has 3 aromatic rings. The van der Waals surface area contributed by atoms with Crippen LogP contribution in [0.3, 0.4) is 0 Å². The number of carbonyl (C=O) groups excluding carboxylic acids is 2. The average Bonchev–Trinajstić information content (AvgIpc) is 3.24. The summed E-state index contributed by atoms with van der Waals surface area (Å²) < 4.78 is 13.4. The minimum atomic E-state index is -1.03. The molecule has 0 radical (unpaired) electrons. The van der Waals surface area contributed by atoms with E-state index in [1.54, 1.807) is 41.2 Å². The van der Waals surface area contributed by atoms with Gasteiger partial charge in [0.15, 0.2) is 0 Å². The van der Waals surface area contributed by atoms with E-state index in [0.29, 0.717) is 24.4 Å². The zero-order chi connectivity index (χ0) is 19.4. The molecule has 1 N–H and O–H groups in total. The number of nitrogens with zero attached hydrogens (tertiary/aromatic N) is 1. The number of aryl methyl sites for hydroxylation is 2. The summed E-state index contributed by atoms with van der Waals surface area (Å²) in [4.78, 5) is 25.4. The summed E-state index contributed by atoms with van der Waals surface area (Å²) in [6, 6.07) is 11.1. The van der Waals surface area contributed by atoms with E-state index < -0.39 is 12.1 Å². The Morgan fingerprint density at radius 3 is 2.63 bits per heavy atom. The number of amides is 1. The van der Waals surface area contributed by atoms with Crippen molar-refractivity contribution in [1.82, 2.24) is 9.88 Å². The van der Waals surface area contributed by atoms with Gasteiger partial charge in [-0.25, -0.2) is 4.79 Å². The molecule has 1 atom stereocenters. The molecule has 0 aliphatic carbocycles. The highest BCUT2D eigenvalue weighted by atomic mass is 32.1. The Bertz CT molecular complexity index is 943. The topological polar surface area (TPSA) is 69.6 Å². The number of esters is 1. The van der Waals surface area contributed by atoms with Crippen molar-refractivity contribution in [1.29, 1.82) is 0 Å². The molecule has 7 heteroatoms. The Morgan fingerprint density at radius 2 is 1.96 bits per heavy atom.